The predicted molar refractivity (Wildman–Crippen MR) is 104 cm³/mol. The van der Waals surface area contributed by atoms with Gasteiger partial charge in [0.25, 0.3) is 0 Å². The van der Waals surface area contributed by atoms with E-state index in [4.69, 9.17) is 21.8 Å². The van der Waals surface area contributed by atoms with Crippen molar-refractivity contribution in [1.29, 1.82) is 0 Å². The molecule has 3 aromatic rings. The summed E-state index contributed by atoms with van der Waals surface area (Å²) in [6.45, 7) is 1.60. The van der Waals surface area contributed by atoms with E-state index in [1.807, 2.05) is 13.0 Å². The van der Waals surface area contributed by atoms with E-state index in [2.05, 4.69) is 20.3 Å². The largest absolute Gasteiger partial charge is 0.454 e. The molecule has 0 aliphatic heterocycles. The van der Waals surface area contributed by atoms with Gasteiger partial charge in [0, 0.05) is 24.1 Å². The van der Waals surface area contributed by atoms with Crippen molar-refractivity contribution in [3.63, 3.8) is 0 Å². The summed E-state index contributed by atoms with van der Waals surface area (Å²) in [7, 11) is 0. The lowest BCUT2D eigenvalue weighted by molar-refractivity contribution is 0.00446. The van der Waals surface area contributed by atoms with Crippen LogP contribution in [0.1, 0.15) is 12.1 Å². The van der Waals surface area contributed by atoms with Crippen LogP contribution in [0.15, 0.2) is 22.7 Å². The van der Waals surface area contributed by atoms with Crippen LogP contribution < -0.4 is 11.1 Å². The van der Waals surface area contributed by atoms with Crippen LogP contribution in [0.5, 0.6) is 0 Å². The Labute approximate surface area is 165 Å². The van der Waals surface area contributed by atoms with Crippen molar-refractivity contribution in [2.24, 2.45) is 5.92 Å². The minimum absolute atomic E-state index is 0.0445. The molecule has 4 atom stereocenters. The molecule has 28 heavy (non-hydrogen) atoms. The topological polar surface area (TPSA) is 151 Å². The fourth-order valence-corrected chi connectivity index (χ4v) is 3.89. The molecule has 0 saturated heterocycles. The van der Waals surface area contributed by atoms with Crippen LogP contribution in [0, 0.1) is 12.8 Å². The molecule has 0 bridgehead atoms. The number of nitrogens with zero attached hydrogens (tertiary/aromatic N) is 3. The number of hydrogen-bond acceptors (Lipinski definition) is 9. The van der Waals surface area contributed by atoms with E-state index >= 15 is 0 Å². The van der Waals surface area contributed by atoms with Crippen molar-refractivity contribution in [3.8, 4) is 11.3 Å². The molecule has 1 aliphatic rings. The number of furan rings is 1. The first-order valence-electron chi connectivity index (χ1n) is 8.81. The van der Waals surface area contributed by atoms with Crippen molar-refractivity contribution >= 4 is 34.3 Å². The number of rotatable bonds is 4. The Morgan fingerprint density at radius 3 is 2.79 bits per heavy atom. The molecule has 0 aromatic carbocycles. The third-order valence-corrected chi connectivity index (χ3v) is 5.37. The van der Waals surface area contributed by atoms with Crippen LogP contribution in [0.3, 0.4) is 0 Å². The highest BCUT2D eigenvalue weighted by Crippen LogP contribution is 2.38. The van der Waals surface area contributed by atoms with Gasteiger partial charge in [0.1, 0.15) is 22.8 Å². The van der Waals surface area contributed by atoms with Crippen molar-refractivity contribution in [2.75, 3.05) is 17.7 Å². The fourth-order valence-electron chi connectivity index (χ4n) is 3.62. The second kappa shape index (κ2) is 7.17. The quantitative estimate of drug-likeness (QED) is 0.405. The molecule has 3 heterocycles. The van der Waals surface area contributed by atoms with Crippen molar-refractivity contribution in [1.82, 2.24) is 15.0 Å². The zero-order chi connectivity index (χ0) is 20.0. The molecule has 0 radical (unpaired) electrons. The van der Waals surface area contributed by atoms with Gasteiger partial charge in [-0.3, -0.25) is 4.98 Å². The Kier molecular flexibility index (Phi) is 4.84. The van der Waals surface area contributed by atoms with Crippen LogP contribution in [0.4, 0.5) is 11.8 Å². The number of aliphatic hydroxyl groups is 3. The monoisotopic (exact) mass is 405 g/mol. The third-order valence-electron chi connectivity index (χ3n) is 5.10. The van der Waals surface area contributed by atoms with Gasteiger partial charge < -0.3 is 30.8 Å². The molecule has 0 spiro atoms. The van der Waals surface area contributed by atoms with Gasteiger partial charge in [0.2, 0.25) is 5.95 Å². The summed E-state index contributed by atoms with van der Waals surface area (Å²) in [6, 6.07) is 3.06. The normalized spacial score (nSPS) is 24.8. The summed E-state index contributed by atoms with van der Waals surface area (Å²) in [4.78, 5) is 12.4. The van der Waals surface area contributed by atoms with Gasteiger partial charge in [0.05, 0.1) is 23.4 Å². The number of halogens is 1. The van der Waals surface area contributed by atoms with E-state index < -0.39 is 24.2 Å². The molecular formula is C18H20ClN5O4. The Hall–Kier alpha value is -2.46. The Balaban J connectivity index is 1.77. The lowest BCUT2D eigenvalue weighted by atomic mass is 10.1. The molecule has 1 aliphatic carbocycles. The average molecular weight is 406 g/mol. The molecule has 148 valence electrons. The standard InChI is InChI=1S/C18H20ClN5O4/c1-7-15-8(2-3-21-7)5-11(28-15)12-16(19)23-18(20)24-17(12)22-10-4-9(6-25)13(26)14(10)27/h2-3,5,9-10,13-14,25-27H,4,6H2,1H3,(H3,20,22,23,24)/t9-,10-,13-,14+/m1/s1. The summed E-state index contributed by atoms with van der Waals surface area (Å²) in [5.74, 6) is 0.213. The van der Waals surface area contributed by atoms with Gasteiger partial charge in [-0.1, -0.05) is 11.6 Å². The van der Waals surface area contributed by atoms with Gasteiger partial charge in [-0.2, -0.15) is 4.98 Å². The zero-order valence-corrected chi connectivity index (χ0v) is 15.8. The highest BCUT2D eigenvalue weighted by Gasteiger charge is 2.41. The third kappa shape index (κ3) is 3.16. The molecule has 6 N–H and O–H groups in total. The number of anilines is 2. The highest BCUT2D eigenvalue weighted by atomic mass is 35.5. The van der Waals surface area contributed by atoms with E-state index in [0.717, 1.165) is 11.1 Å². The van der Waals surface area contributed by atoms with E-state index in [1.54, 1.807) is 12.3 Å². The summed E-state index contributed by atoms with van der Waals surface area (Å²) in [6.07, 6.45) is -0.0894. The van der Waals surface area contributed by atoms with Crippen molar-refractivity contribution in [3.05, 3.63) is 29.2 Å². The molecule has 4 rings (SSSR count). The number of aromatic nitrogens is 3. The summed E-state index contributed by atoms with van der Waals surface area (Å²) in [5, 5.41) is 33.8. The first kappa shape index (κ1) is 18.9. The number of fused-ring (bicyclic) bond motifs is 1. The van der Waals surface area contributed by atoms with Gasteiger partial charge in [-0.25, -0.2) is 4.98 Å². The van der Waals surface area contributed by atoms with Gasteiger partial charge in [-0.05, 0) is 25.5 Å². The van der Waals surface area contributed by atoms with Crippen LogP contribution in [-0.4, -0.2) is 55.1 Å². The van der Waals surface area contributed by atoms with Crippen LogP contribution >= 0.6 is 11.6 Å². The molecule has 1 fully saturated rings. The molecule has 1 saturated carbocycles. The van der Waals surface area contributed by atoms with E-state index in [1.165, 1.54) is 0 Å². The Morgan fingerprint density at radius 1 is 1.32 bits per heavy atom. The molecule has 0 amide bonds. The molecule has 9 nitrogen and oxygen atoms in total. The maximum Gasteiger partial charge on any atom is 0.223 e. The smallest absolute Gasteiger partial charge is 0.223 e. The van der Waals surface area contributed by atoms with E-state index in [0.29, 0.717) is 23.3 Å². The number of hydrogen-bond donors (Lipinski definition) is 5. The van der Waals surface area contributed by atoms with E-state index in [9.17, 15) is 15.3 Å². The van der Waals surface area contributed by atoms with Gasteiger partial charge >= 0.3 is 0 Å². The summed E-state index contributed by atoms with van der Waals surface area (Å²) < 4.78 is 5.94. The number of nitrogen functional groups attached to an aromatic ring is 1. The lowest BCUT2D eigenvalue weighted by Crippen LogP contribution is -2.35. The van der Waals surface area contributed by atoms with Crippen LogP contribution in [0.2, 0.25) is 5.15 Å². The van der Waals surface area contributed by atoms with Gasteiger partial charge in [0.15, 0.2) is 5.58 Å². The zero-order valence-electron chi connectivity index (χ0n) is 15.0. The number of nitrogens with two attached hydrogens (primary N) is 1. The van der Waals surface area contributed by atoms with Crippen LogP contribution in [-0.2, 0) is 0 Å². The Bertz CT molecular complexity index is 1030. The predicted octanol–water partition coefficient (Wildman–Crippen LogP) is 1.34. The first-order chi connectivity index (χ1) is 13.4. The summed E-state index contributed by atoms with van der Waals surface area (Å²) >= 11 is 6.34. The maximum atomic E-state index is 10.3. The number of aliphatic hydroxyl groups excluding tert-OH is 3. The van der Waals surface area contributed by atoms with Crippen LogP contribution in [0.25, 0.3) is 22.3 Å². The second-order valence-corrected chi connectivity index (χ2v) is 7.29. The number of aryl methyl sites for hydroxylation is 1. The number of nitrogens with one attached hydrogen (secondary N) is 1. The minimum Gasteiger partial charge on any atom is -0.454 e. The molecular weight excluding hydrogens is 386 g/mol. The van der Waals surface area contributed by atoms with Crippen molar-refractivity contribution < 1.29 is 19.7 Å². The number of pyridine rings is 1. The highest BCUT2D eigenvalue weighted by molar-refractivity contribution is 6.32. The molecule has 3 aromatic heterocycles. The first-order valence-corrected chi connectivity index (χ1v) is 9.19. The summed E-state index contributed by atoms with van der Waals surface area (Å²) in [5.41, 5.74) is 7.49. The Morgan fingerprint density at radius 2 is 2.11 bits per heavy atom. The van der Waals surface area contributed by atoms with Crippen molar-refractivity contribution in [2.45, 2.75) is 31.6 Å². The minimum atomic E-state index is -1.08. The molecule has 10 heteroatoms. The van der Waals surface area contributed by atoms with E-state index in [-0.39, 0.29) is 23.5 Å². The lowest BCUT2D eigenvalue weighted by Gasteiger charge is -2.20. The fraction of sp³-hybridized carbons (Fsp3) is 0.389. The second-order valence-electron chi connectivity index (χ2n) is 6.93. The maximum absolute atomic E-state index is 10.3. The SMILES string of the molecule is Cc1nccc2cc(-c3c(Cl)nc(N)nc3N[C@@H]3C[C@H](CO)[C@@H](O)[C@H]3O)oc12. The average Bonchev–Trinajstić information content (AvgIpc) is 3.18. The molecule has 0 unspecified atom stereocenters. The van der Waals surface area contributed by atoms with Gasteiger partial charge in [-0.15, -0.1) is 0 Å².